The highest BCUT2D eigenvalue weighted by molar-refractivity contribution is 5.87. The number of alkyl halides is 1. The summed E-state index contributed by atoms with van der Waals surface area (Å²) in [6.45, 7) is 1.66. The number of ether oxygens (including phenoxy) is 2. The number of fused-ring (bicyclic) bond motifs is 1. The van der Waals surface area contributed by atoms with Crippen LogP contribution in [0, 0.1) is 0 Å². The molecule has 214 valence electrons. The Morgan fingerprint density at radius 2 is 1.92 bits per heavy atom. The Labute approximate surface area is 230 Å². The van der Waals surface area contributed by atoms with Crippen molar-refractivity contribution in [1.82, 2.24) is 15.2 Å². The SMILES string of the molecule is COC(CF)CN(CCCCc1ccc2c(n1)NCCC2)CCC(NC(=O)C(OC)c1ccccc1)C(=O)O. The largest absolute Gasteiger partial charge is 0.480 e. The first-order chi connectivity index (χ1) is 18.9. The lowest BCUT2D eigenvalue weighted by Gasteiger charge is -2.27. The van der Waals surface area contributed by atoms with Gasteiger partial charge in [-0.2, -0.15) is 0 Å². The normalized spacial score (nSPS) is 15.2. The maximum atomic E-state index is 13.4. The summed E-state index contributed by atoms with van der Waals surface area (Å²) in [6, 6.07) is 12.0. The molecule has 0 fully saturated rings. The third-order valence-corrected chi connectivity index (χ3v) is 7.00. The molecule has 39 heavy (non-hydrogen) atoms. The van der Waals surface area contributed by atoms with E-state index in [1.165, 1.54) is 19.8 Å². The second-order valence-corrected chi connectivity index (χ2v) is 9.82. The van der Waals surface area contributed by atoms with Crippen molar-refractivity contribution >= 4 is 17.7 Å². The van der Waals surface area contributed by atoms with E-state index < -0.39 is 36.8 Å². The van der Waals surface area contributed by atoms with E-state index in [0.29, 0.717) is 25.2 Å². The number of carbonyl (C=O) groups excluding carboxylic acids is 1. The summed E-state index contributed by atoms with van der Waals surface area (Å²) >= 11 is 0. The minimum atomic E-state index is -1.13. The summed E-state index contributed by atoms with van der Waals surface area (Å²) in [6.07, 6.45) is 3.36. The first kappa shape index (κ1) is 30.5. The van der Waals surface area contributed by atoms with Crippen molar-refractivity contribution in [3.8, 4) is 0 Å². The Kier molecular flexibility index (Phi) is 12.6. The Morgan fingerprint density at radius 1 is 1.13 bits per heavy atom. The quantitative estimate of drug-likeness (QED) is 0.260. The molecule has 0 spiro atoms. The van der Waals surface area contributed by atoms with Crippen molar-refractivity contribution in [2.45, 2.75) is 56.8 Å². The van der Waals surface area contributed by atoms with Crippen molar-refractivity contribution in [3.63, 3.8) is 0 Å². The molecule has 3 atom stereocenters. The van der Waals surface area contributed by atoms with E-state index in [0.717, 1.165) is 50.2 Å². The summed E-state index contributed by atoms with van der Waals surface area (Å²) < 4.78 is 24.0. The number of hydrogen-bond donors (Lipinski definition) is 3. The van der Waals surface area contributed by atoms with Gasteiger partial charge >= 0.3 is 5.97 Å². The van der Waals surface area contributed by atoms with Crippen molar-refractivity contribution in [2.75, 3.05) is 52.4 Å². The van der Waals surface area contributed by atoms with E-state index in [-0.39, 0.29) is 6.42 Å². The zero-order chi connectivity index (χ0) is 28.0. The predicted octanol–water partition coefficient (Wildman–Crippen LogP) is 3.40. The highest BCUT2D eigenvalue weighted by Gasteiger charge is 2.27. The highest BCUT2D eigenvalue weighted by Crippen LogP contribution is 2.20. The van der Waals surface area contributed by atoms with Crippen LogP contribution in [0.4, 0.5) is 10.2 Å². The molecule has 0 aliphatic carbocycles. The second kappa shape index (κ2) is 16.1. The van der Waals surface area contributed by atoms with Gasteiger partial charge in [-0.05, 0) is 62.3 Å². The number of rotatable bonds is 17. The van der Waals surface area contributed by atoms with E-state index in [1.807, 2.05) is 11.0 Å². The first-order valence-corrected chi connectivity index (χ1v) is 13.6. The molecule has 2 aromatic rings. The number of aryl methyl sites for hydroxylation is 2. The first-order valence-electron chi connectivity index (χ1n) is 13.6. The van der Waals surface area contributed by atoms with Crippen LogP contribution in [0.15, 0.2) is 42.5 Å². The van der Waals surface area contributed by atoms with Gasteiger partial charge in [0.25, 0.3) is 5.91 Å². The molecule has 3 unspecified atom stereocenters. The minimum absolute atomic E-state index is 0.160. The third kappa shape index (κ3) is 9.56. The number of pyridine rings is 1. The lowest BCUT2D eigenvalue weighted by molar-refractivity contribution is -0.144. The number of carboxylic acid groups (broad SMARTS) is 1. The van der Waals surface area contributed by atoms with Gasteiger partial charge in [-0.3, -0.25) is 4.79 Å². The molecule has 0 radical (unpaired) electrons. The molecule has 0 bridgehead atoms. The smallest absolute Gasteiger partial charge is 0.326 e. The van der Waals surface area contributed by atoms with E-state index >= 15 is 0 Å². The average Bonchev–Trinajstić information content (AvgIpc) is 2.96. The maximum Gasteiger partial charge on any atom is 0.326 e. The van der Waals surface area contributed by atoms with Crippen LogP contribution in [-0.4, -0.2) is 86.1 Å². The number of carbonyl (C=O) groups is 2. The maximum absolute atomic E-state index is 13.4. The van der Waals surface area contributed by atoms with Crippen LogP contribution >= 0.6 is 0 Å². The Bertz CT molecular complexity index is 1040. The number of methoxy groups -OCH3 is 2. The number of halogens is 1. The topological polar surface area (TPSA) is 113 Å². The Balaban J connectivity index is 1.54. The Morgan fingerprint density at radius 3 is 2.62 bits per heavy atom. The summed E-state index contributed by atoms with van der Waals surface area (Å²) in [5.41, 5.74) is 2.93. The van der Waals surface area contributed by atoms with E-state index in [9.17, 15) is 19.1 Å². The number of carboxylic acids is 1. The number of aromatic nitrogens is 1. The molecule has 0 saturated carbocycles. The molecule has 0 saturated heterocycles. The summed E-state index contributed by atoms with van der Waals surface area (Å²) in [5, 5.41) is 15.8. The van der Waals surface area contributed by atoms with Crippen molar-refractivity contribution in [1.29, 1.82) is 0 Å². The number of benzene rings is 1. The van der Waals surface area contributed by atoms with Crippen molar-refractivity contribution in [3.05, 3.63) is 59.3 Å². The fraction of sp³-hybridized carbons (Fsp3) is 0.552. The van der Waals surface area contributed by atoms with E-state index in [4.69, 9.17) is 14.5 Å². The highest BCUT2D eigenvalue weighted by atomic mass is 19.1. The van der Waals surface area contributed by atoms with Gasteiger partial charge in [0.2, 0.25) is 0 Å². The van der Waals surface area contributed by atoms with Crippen LogP contribution in [0.2, 0.25) is 0 Å². The molecule has 1 aliphatic heterocycles. The minimum Gasteiger partial charge on any atom is -0.480 e. The fourth-order valence-electron chi connectivity index (χ4n) is 4.76. The molecule has 1 aromatic carbocycles. The van der Waals surface area contributed by atoms with Gasteiger partial charge in [-0.25, -0.2) is 14.2 Å². The van der Waals surface area contributed by atoms with Gasteiger partial charge in [-0.1, -0.05) is 36.4 Å². The average molecular weight is 545 g/mol. The van der Waals surface area contributed by atoms with Gasteiger partial charge in [0.05, 0.1) is 6.10 Å². The number of nitrogens with zero attached hydrogens (tertiary/aromatic N) is 2. The van der Waals surface area contributed by atoms with Crippen molar-refractivity contribution in [2.24, 2.45) is 0 Å². The van der Waals surface area contributed by atoms with Crippen LogP contribution in [-0.2, 0) is 31.9 Å². The van der Waals surface area contributed by atoms with Crippen molar-refractivity contribution < 1.29 is 28.6 Å². The van der Waals surface area contributed by atoms with E-state index in [2.05, 4.69) is 22.8 Å². The molecule has 9 nitrogen and oxygen atoms in total. The van der Waals surface area contributed by atoms with E-state index in [1.54, 1.807) is 24.3 Å². The predicted molar refractivity (Wildman–Crippen MR) is 148 cm³/mol. The molecule has 10 heteroatoms. The van der Waals surface area contributed by atoms with Crippen LogP contribution in [0.1, 0.15) is 48.6 Å². The molecule has 2 heterocycles. The second-order valence-electron chi connectivity index (χ2n) is 9.82. The molecule has 1 aliphatic rings. The van der Waals surface area contributed by atoms with Gasteiger partial charge in [-0.15, -0.1) is 0 Å². The molecular formula is C29H41FN4O5. The number of unbranched alkanes of at least 4 members (excludes halogenated alkanes) is 1. The summed E-state index contributed by atoms with van der Waals surface area (Å²) in [7, 11) is 2.87. The zero-order valence-electron chi connectivity index (χ0n) is 22.9. The standard InChI is InChI=1S/C29H41FN4O5/c1-38-24(19-30)20-34(17-7-6-12-23-14-13-22-11-8-16-31-27(22)32-23)18-15-25(29(36)37)33-28(35)26(39-2)21-9-4-3-5-10-21/h3-5,9-10,13-14,24-26H,6-8,11-12,15-20H2,1-2H3,(H,31,32)(H,33,35)(H,36,37). The summed E-state index contributed by atoms with van der Waals surface area (Å²) in [5.74, 6) is -0.670. The number of amides is 1. The van der Waals surface area contributed by atoms with Crippen LogP contribution in [0.3, 0.4) is 0 Å². The van der Waals surface area contributed by atoms with Gasteiger partial charge in [0, 0.05) is 39.5 Å². The van der Waals surface area contributed by atoms with Gasteiger partial charge in [0.1, 0.15) is 18.5 Å². The molecular weight excluding hydrogens is 503 g/mol. The number of hydrogen-bond acceptors (Lipinski definition) is 7. The molecule has 3 N–H and O–H groups in total. The number of anilines is 1. The number of aliphatic carboxylic acids is 1. The van der Waals surface area contributed by atoms with Crippen LogP contribution < -0.4 is 10.6 Å². The molecule has 1 amide bonds. The lowest BCUT2D eigenvalue weighted by atomic mass is 10.1. The Hall–Kier alpha value is -3.08. The monoisotopic (exact) mass is 544 g/mol. The van der Waals surface area contributed by atoms with Gasteiger partial charge < -0.3 is 30.1 Å². The summed E-state index contributed by atoms with van der Waals surface area (Å²) in [4.78, 5) is 31.6. The molecule has 3 rings (SSSR count). The molecule has 1 aromatic heterocycles. The zero-order valence-corrected chi connectivity index (χ0v) is 22.9. The number of nitrogens with one attached hydrogen (secondary N) is 2. The third-order valence-electron chi connectivity index (χ3n) is 7.00. The van der Waals surface area contributed by atoms with Crippen LogP contribution in [0.5, 0.6) is 0 Å². The van der Waals surface area contributed by atoms with Gasteiger partial charge in [0.15, 0.2) is 6.10 Å². The van der Waals surface area contributed by atoms with Crippen LogP contribution in [0.25, 0.3) is 0 Å². The lowest BCUT2D eigenvalue weighted by Crippen LogP contribution is -2.46. The fourth-order valence-corrected chi connectivity index (χ4v) is 4.76.